The van der Waals surface area contributed by atoms with Crippen LogP contribution in [0.2, 0.25) is 0 Å². The average molecular weight is 245 g/mol. The van der Waals surface area contributed by atoms with Crippen LogP contribution in [-0.2, 0) is 4.74 Å². The van der Waals surface area contributed by atoms with Crippen molar-refractivity contribution in [3.63, 3.8) is 0 Å². The van der Waals surface area contributed by atoms with Crippen LogP contribution >= 0.6 is 0 Å². The summed E-state index contributed by atoms with van der Waals surface area (Å²) in [6.45, 7) is 4.01. The molecule has 2 aromatic rings. The number of anilines is 1. The second-order valence-electron chi connectivity index (χ2n) is 4.13. The average Bonchev–Trinajstić information content (AvgIpc) is 2.70. The quantitative estimate of drug-likeness (QED) is 0.820. The number of nitrogens with zero attached hydrogens (tertiary/aromatic N) is 2. The first kappa shape index (κ1) is 12.2. The van der Waals surface area contributed by atoms with Crippen molar-refractivity contribution in [3.05, 3.63) is 41.3 Å². The second kappa shape index (κ2) is 4.52. The summed E-state index contributed by atoms with van der Waals surface area (Å²) in [4.78, 5) is 15.4. The number of rotatable bonds is 2. The van der Waals surface area contributed by atoms with E-state index in [9.17, 15) is 4.79 Å². The summed E-state index contributed by atoms with van der Waals surface area (Å²) in [6, 6.07) is 5.98. The third-order valence-corrected chi connectivity index (χ3v) is 2.80. The molecule has 1 aromatic heterocycles. The highest BCUT2D eigenvalue weighted by molar-refractivity contribution is 5.92. The lowest BCUT2D eigenvalue weighted by Crippen LogP contribution is -2.08. The highest BCUT2D eigenvalue weighted by Gasteiger charge is 2.17. The van der Waals surface area contributed by atoms with Gasteiger partial charge in [-0.2, -0.15) is 0 Å². The predicted octanol–water partition coefficient (Wildman–Crippen LogP) is 1.86. The van der Waals surface area contributed by atoms with E-state index in [1.165, 1.54) is 19.0 Å². The molecule has 0 aliphatic carbocycles. The van der Waals surface area contributed by atoms with Crippen LogP contribution in [0.1, 0.15) is 21.6 Å². The molecule has 0 atom stereocenters. The van der Waals surface area contributed by atoms with Crippen LogP contribution in [-0.4, -0.2) is 22.6 Å². The number of aryl methyl sites for hydroxylation is 2. The van der Waals surface area contributed by atoms with Gasteiger partial charge in [0, 0.05) is 0 Å². The summed E-state index contributed by atoms with van der Waals surface area (Å²) in [5, 5.41) is 0. The molecule has 0 saturated heterocycles. The minimum atomic E-state index is -0.531. The lowest BCUT2D eigenvalue weighted by Gasteiger charge is -2.09. The molecule has 0 aliphatic heterocycles. The molecular formula is C13H15N3O2. The van der Waals surface area contributed by atoms with Crippen LogP contribution < -0.4 is 5.73 Å². The maximum absolute atomic E-state index is 11.4. The first-order valence-electron chi connectivity index (χ1n) is 5.53. The van der Waals surface area contributed by atoms with Crippen molar-refractivity contribution in [2.24, 2.45) is 0 Å². The molecule has 1 aromatic carbocycles. The summed E-state index contributed by atoms with van der Waals surface area (Å²) in [7, 11) is 1.30. The third kappa shape index (κ3) is 1.95. The molecule has 0 aliphatic rings. The van der Waals surface area contributed by atoms with Gasteiger partial charge in [0.1, 0.15) is 12.1 Å². The number of hydrogen-bond donors (Lipinski definition) is 1. The fraction of sp³-hybridized carbons (Fsp3) is 0.231. The van der Waals surface area contributed by atoms with Crippen molar-refractivity contribution in [2.45, 2.75) is 13.8 Å². The number of carbonyl (C=O) groups excluding carboxylic acids is 1. The number of aromatic nitrogens is 2. The number of hydrogen-bond acceptors (Lipinski definition) is 4. The fourth-order valence-corrected chi connectivity index (χ4v) is 1.88. The van der Waals surface area contributed by atoms with Crippen LogP contribution in [0.25, 0.3) is 5.69 Å². The third-order valence-electron chi connectivity index (χ3n) is 2.80. The number of imidazole rings is 1. The second-order valence-corrected chi connectivity index (χ2v) is 4.13. The number of benzene rings is 1. The number of esters is 1. The molecule has 2 rings (SSSR count). The molecule has 1 heterocycles. The Bertz CT molecular complexity index is 602. The highest BCUT2D eigenvalue weighted by Crippen LogP contribution is 2.21. The SMILES string of the molecule is COC(=O)c1ncn(-c2ccc(C)cc2C)c1N. The van der Waals surface area contributed by atoms with Crippen LogP contribution in [0.3, 0.4) is 0 Å². The molecule has 0 spiro atoms. The van der Waals surface area contributed by atoms with Crippen molar-refractivity contribution in [1.29, 1.82) is 0 Å². The van der Waals surface area contributed by atoms with Gasteiger partial charge in [-0.1, -0.05) is 17.7 Å². The van der Waals surface area contributed by atoms with E-state index in [1.54, 1.807) is 4.57 Å². The number of ether oxygens (including phenoxy) is 1. The van der Waals surface area contributed by atoms with Crippen molar-refractivity contribution < 1.29 is 9.53 Å². The van der Waals surface area contributed by atoms with E-state index < -0.39 is 5.97 Å². The summed E-state index contributed by atoms with van der Waals surface area (Å²) < 4.78 is 6.30. The monoisotopic (exact) mass is 245 g/mol. The molecule has 5 heteroatoms. The largest absolute Gasteiger partial charge is 0.464 e. The molecule has 0 unspecified atom stereocenters. The number of nitrogen functional groups attached to an aromatic ring is 1. The fourth-order valence-electron chi connectivity index (χ4n) is 1.88. The van der Waals surface area contributed by atoms with Gasteiger partial charge in [-0.25, -0.2) is 9.78 Å². The normalized spacial score (nSPS) is 10.4. The molecule has 0 fully saturated rings. The van der Waals surface area contributed by atoms with Gasteiger partial charge in [-0.05, 0) is 25.5 Å². The first-order chi connectivity index (χ1) is 8.54. The lowest BCUT2D eigenvalue weighted by atomic mass is 10.1. The van der Waals surface area contributed by atoms with E-state index in [1.807, 2.05) is 32.0 Å². The molecule has 2 N–H and O–H groups in total. The van der Waals surface area contributed by atoms with E-state index >= 15 is 0 Å². The van der Waals surface area contributed by atoms with E-state index in [-0.39, 0.29) is 11.5 Å². The van der Waals surface area contributed by atoms with Gasteiger partial charge in [-0.3, -0.25) is 4.57 Å². The highest BCUT2D eigenvalue weighted by atomic mass is 16.5. The van der Waals surface area contributed by atoms with E-state index in [0.29, 0.717) is 0 Å². The smallest absolute Gasteiger partial charge is 0.360 e. The van der Waals surface area contributed by atoms with Crippen molar-refractivity contribution >= 4 is 11.8 Å². The van der Waals surface area contributed by atoms with Crippen LogP contribution in [0.15, 0.2) is 24.5 Å². The van der Waals surface area contributed by atoms with E-state index in [4.69, 9.17) is 5.73 Å². The van der Waals surface area contributed by atoms with Crippen LogP contribution in [0.5, 0.6) is 0 Å². The van der Waals surface area contributed by atoms with Crippen molar-refractivity contribution in [3.8, 4) is 5.69 Å². The Morgan fingerprint density at radius 3 is 2.72 bits per heavy atom. The van der Waals surface area contributed by atoms with Gasteiger partial charge >= 0.3 is 5.97 Å². The molecule has 94 valence electrons. The van der Waals surface area contributed by atoms with Crippen molar-refractivity contribution in [1.82, 2.24) is 9.55 Å². The predicted molar refractivity (Wildman–Crippen MR) is 68.8 cm³/mol. The van der Waals surface area contributed by atoms with Crippen LogP contribution in [0, 0.1) is 13.8 Å². The summed E-state index contributed by atoms with van der Waals surface area (Å²) in [5.41, 5.74) is 9.19. The molecule has 0 radical (unpaired) electrons. The zero-order chi connectivity index (χ0) is 13.3. The maximum atomic E-state index is 11.4. The van der Waals surface area contributed by atoms with Gasteiger partial charge in [0.2, 0.25) is 0 Å². The van der Waals surface area contributed by atoms with Gasteiger partial charge in [0.15, 0.2) is 5.69 Å². The Kier molecular flexibility index (Phi) is 3.06. The summed E-state index contributed by atoms with van der Waals surface area (Å²) in [6.07, 6.45) is 1.53. The Morgan fingerprint density at radius 2 is 2.11 bits per heavy atom. The van der Waals surface area contributed by atoms with Gasteiger partial charge in [-0.15, -0.1) is 0 Å². The standard InChI is InChI=1S/C13H15N3O2/c1-8-4-5-10(9(2)6-8)16-7-15-11(12(16)14)13(17)18-3/h4-7H,14H2,1-3H3. The Hall–Kier alpha value is -2.30. The van der Waals surface area contributed by atoms with Crippen LogP contribution in [0.4, 0.5) is 5.82 Å². The Balaban J connectivity index is 2.52. The summed E-state index contributed by atoms with van der Waals surface area (Å²) in [5.74, 6) is -0.246. The number of nitrogens with two attached hydrogens (primary N) is 1. The minimum absolute atomic E-state index is 0.137. The topological polar surface area (TPSA) is 70.1 Å². The van der Waals surface area contributed by atoms with E-state index in [0.717, 1.165) is 11.3 Å². The number of carbonyl (C=O) groups is 1. The molecule has 18 heavy (non-hydrogen) atoms. The molecule has 0 saturated carbocycles. The van der Waals surface area contributed by atoms with Gasteiger partial charge in [0.25, 0.3) is 0 Å². The minimum Gasteiger partial charge on any atom is -0.464 e. The zero-order valence-corrected chi connectivity index (χ0v) is 10.6. The van der Waals surface area contributed by atoms with Crippen molar-refractivity contribution in [2.75, 3.05) is 12.8 Å². The van der Waals surface area contributed by atoms with E-state index in [2.05, 4.69) is 9.72 Å². The maximum Gasteiger partial charge on any atom is 0.360 e. The molecular weight excluding hydrogens is 230 g/mol. The molecule has 0 bridgehead atoms. The molecule has 5 nitrogen and oxygen atoms in total. The first-order valence-corrected chi connectivity index (χ1v) is 5.53. The lowest BCUT2D eigenvalue weighted by molar-refractivity contribution is 0.0596. The Morgan fingerprint density at radius 1 is 1.39 bits per heavy atom. The zero-order valence-electron chi connectivity index (χ0n) is 10.6. The van der Waals surface area contributed by atoms with Gasteiger partial charge < -0.3 is 10.5 Å². The van der Waals surface area contributed by atoms with Gasteiger partial charge in [0.05, 0.1) is 12.8 Å². The molecule has 0 amide bonds. The Labute approximate surface area is 105 Å². The summed E-state index contributed by atoms with van der Waals surface area (Å²) >= 11 is 0. The number of methoxy groups -OCH3 is 1.